The summed E-state index contributed by atoms with van der Waals surface area (Å²) in [5, 5.41) is 10.3. The van der Waals surface area contributed by atoms with Crippen LogP contribution in [0.4, 0.5) is 0 Å². The van der Waals surface area contributed by atoms with E-state index in [0.29, 0.717) is 24.0 Å². The molecule has 0 radical (unpaired) electrons. The molecule has 4 nitrogen and oxygen atoms in total. The SMILES string of the molecule is [N-]=[N+]=CC(=O)c1ccccc1C#CC1(O)CCCCC1. The van der Waals surface area contributed by atoms with Gasteiger partial charge >= 0.3 is 6.21 Å². The van der Waals surface area contributed by atoms with E-state index in [-0.39, 0.29) is 0 Å². The van der Waals surface area contributed by atoms with Gasteiger partial charge in [-0.15, -0.1) is 0 Å². The van der Waals surface area contributed by atoms with E-state index in [0.717, 1.165) is 25.5 Å². The topological polar surface area (TPSA) is 73.7 Å². The van der Waals surface area contributed by atoms with Crippen LogP contribution in [0, 0.1) is 11.8 Å². The fraction of sp³-hybridized carbons (Fsp3) is 0.375. The lowest BCUT2D eigenvalue weighted by molar-refractivity contribution is 0.00234. The molecule has 1 N–H and O–H groups in total. The first-order valence-electron chi connectivity index (χ1n) is 6.71. The number of Topliss-reactive ketones (excluding diaryl/α,β-unsaturated/α-hetero) is 1. The fourth-order valence-corrected chi connectivity index (χ4v) is 2.37. The molecule has 1 aromatic rings. The van der Waals surface area contributed by atoms with Crippen molar-refractivity contribution < 1.29 is 14.7 Å². The van der Waals surface area contributed by atoms with Gasteiger partial charge < -0.3 is 10.6 Å². The van der Waals surface area contributed by atoms with Crippen molar-refractivity contribution in [3.05, 3.63) is 40.9 Å². The van der Waals surface area contributed by atoms with Gasteiger partial charge in [0.05, 0.1) is 0 Å². The summed E-state index contributed by atoms with van der Waals surface area (Å²) in [6, 6.07) is 6.84. The van der Waals surface area contributed by atoms with Crippen molar-refractivity contribution in [2.24, 2.45) is 0 Å². The summed E-state index contributed by atoms with van der Waals surface area (Å²) < 4.78 is 0. The number of hydrogen-bond acceptors (Lipinski definition) is 2. The third kappa shape index (κ3) is 3.42. The van der Waals surface area contributed by atoms with E-state index in [2.05, 4.69) is 16.6 Å². The Morgan fingerprint density at radius 1 is 1.30 bits per heavy atom. The lowest BCUT2D eigenvalue weighted by atomic mass is 9.85. The Balaban J connectivity index is 2.30. The smallest absolute Gasteiger partial charge is 0.328 e. The Morgan fingerprint density at radius 3 is 2.70 bits per heavy atom. The molecule has 0 spiro atoms. The zero-order valence-electron chi connectivity index (χ0n) is 11.2. The van der Waals surface area contributed by atoms with Crippen LogP contribution in [0.1, 0.15) is 48.0 Å². The molecule has 1 saturated carbocycles. The zero-order chi connectivity index (χ0) is 14.4. The molecule has 1 aliphatic rings. The Hall–Kier alpha value is -2.21. The van der Waals surface area contributed by atoms with Crippen molar-refractivity contribution in [3.63, 3.8) is 0 Å². The second-order valence-electron chi connectivity index (χ2n) is 5.00. The molecule has 0 amide bonds. The number of ketones is 1. The minimum Gasteiger partial charge on any atom is -0.378 e. The van der Waals surface area contributed by atoms with Crippen molar-refractivity contribution in [2.75, 3.05) is 0 Å². The third-order valence-corrected chi connectivity index (χ3v) is 3.48. The van der Waals surface area contributed by atoms with Crippen LogP contribution in [0.15, 0.2) is 24.3 Å². The Kier molecular flexibility index (Phi) is 4.47. The molecule has 0 atom stereocenters. The molecule has 0 unspecified atom stereocenters. The number of rotatable bonds is 2. The molecule has 4 heteroatoms. The monoisotopic (exact) mass is 268 g/mol. The number of benzene rings is 1. The van der Waals surface area contributed by atoms with Crippen LogP contribution in [0.3, 0.4) is 0 Å². The molecular formula is C16H16N2O2. The Morgan fingerprint density at radius 2 is 2.00 bits per heavy atom. The van der Waals surface area contributed by atoms with Crippen LogP contribution in [0.25, 0.3) is 5.53 Å². The molecule has 0 saturated heterocycles. The maximum Gasteiger partial charge on any atom is 0.328 e. The van der Waals surface area contributed by atoms with Gasteiger partial charge in [0.1, 0.15) is 5.60 Å². The predicted molar refractivity (Wildman–Crippen MR) is 75.4 cm³/mol. The Labute approximate surface area is 118 Å². The quantitative estimate of drug-likeness (QED) is 0.293. The number of hydrogen-bond donors (Lipinski definition) is 1. The van der Waals surface area contributed by atoms with Gasteiger partial charge in [-0.25, -0.2) is 0 Å². The standard InChI is InChI=1S/C16H16N2O2/c17-18-12-15(19)14-7-3-2-6-13(14)8-11-16(20)9-4-1-5-10-16/h2-3,6-7,12,20H,1,4-5,9-10H2. The largest absolute Gasteiger partial charge is 0.378 e. The van der Waals surface area contributed by atoms with E-state index < -0.39 is 11.4 Å². The molecule has 1 aromatic carbocycles. The van der Waals surface area contributed by atoms with E-state index in [4.69, 9.17) is 5.53 Å². The van der Waals surface area contributed by atoms with Crippen LogP contribution in [0.2, 0.25) is 0 Å². The molecule has 102 valence electrons. The van der Waals surface area contributed by atoms with Crippen molar-refractivity contribution in [1.29, 1.82) is 0 Å². The number of carbonyl (C=O) groups is 1. The number of aliphatic hydroxyl groups is 1. The van der Waals surface area contributed by atoms with Crippen molar-refractivity contribution >= 4 is 12.0 Å². The highest BCUT2D eigenvalue weighted by Gasteiger charge is 2.26. The van der Waals surface area contributed by atoms with Gasteiger partial charge in [-0.3, -0.25) is 4.79 Å². The van der Waals surface area contributed by atoms with E-state index in [1.54, 1.807) is 24.3 Å². The number of nitrogens with zero attached hydrogens (tertiary/aromatic N) is 2. The summed E-state index contributed by atoms with van der Waals surface area (Å²) in [5.41, 5.74) is 8.40. The molecule has 1 aliphatic carbocycles. The van der Waals surface area contributed by atoms with E-state index in [9.17, 15) is 9.90 Å². The fourth-order valence-electron chi connectivity index (χ4n) is 2.37. The average molecular weight is 268 g/mol. The van der Waals surface area contributed by atoms with Crippen LogP contribution >= 0.6 is 0 Å². The van der Waals surface area contributed by atoms with Crippen LogP contribution in [0.5, 0.6) is 0 Å². The molecule has 0 bridgehead atoms. The normalized spacial score (nSPS) is 16.4. The summed E-state index contributed by atoms with van der Waals surface area (Å²) in [4.78, 5) is 14.5. The highest BCUT2D eigenvalue weighted by Crippen LogP contribution is 2.27. The first-order valence-corrected chi connectivity index (χ1v) is 6.71. The number of carbonyl (C=O) groups excluding carboxylic acids is 1. The van der Waals surface area contributed by atoms with E-state index in [1.807, 2.05) is 0 Å². The summed E-state index contributed by atoms with van der Waals surface area (Å²) in [7, 11) is 0. The summed E-state index contributed by atoms with van der Waals surface area (Å²) in [6.45, 7) is 0. The summed E-state index contributed by atoms with van der Waals surface area (Å²) in [5.74, 6) is 5.39. The molecule has 2 rings (SSSR count). The second kappa shape index (κ2) is 6.29. The maximum atomic E-state index is 11.8. The molecular weight excluding hydrogens is 252 g/mol. The highest BCUT2D eigenvalue weighted by atomic mass is 16.3. The molecule has 20 heavy (non-hydrogen) atoms. The molecule has 0 heterocycles. The minimum absolute atomic E-state index is 0.372. The van der Waals surface area contributed by atoms with Crippen LogP contribution in [-0.4, -0.2) is 27.5 Å². The van der Waals surface area contributed by atoms with Gasteiger partial charge in [0, 0.05) is 11.1 Å². The maximum absolute atomic E-state index is 11.8. The third-order valence-electron chi connectivity index (χ3n) is 3.48. The second-order valence-corrected chi connectivity index (χ2v) is 5.00. The van der Waals surface area contributed by atoms with E-state index >= 15 is 0 Å². The van der Waals surface area contributed by atoms with Gasteiger partial charge in [0.2, 0.25) is 0 Å². The summed E-state index contributed by atoms with van der Waals surface area (Å²) >= 11 is 0. The molecule has 1 fully saturated rings. The first kappa shape index (κ1) is 14.2. The predicted octanol–water partition coefficient (Wildman–Crippen LogP) is 2.22. The lowest BCUT2D eigenvalue weighted by Crippen LogP contribution is -2.29. The zero-order valence-corrected chi connectivity index (χ0v) is 11.2. The van der Waals surface area contributed by atoms with Gasteiger partial charge in [-0.2, -0.15) is 4.79 Å². The van der Waals surface area contributed by atoms with Crippen molar-refractivity contribution in [2.45, 2.75) is 37.7 Å². The van der Waals surface area contributed by atoms with Crippen LogP contribution in [-0.2, 0) is 0 Å². The average Bonchev–Trinajstić information content (AvgIpc) is 2.47. The Bertz CT molecular complexity index is 613. The van der Waals surface area contributed by atoms with Gasteiger partial charge in [-0.1, -0.05) is 30.4 Å². The van der Waals surface area contributed by atoms with Crippen LogP contribution < -0.4 is 0 Å². The van der Waals surface area contributed by atoms with Crippen molar-refractivity contribution in [3.8, 4) is 11.8 Å². The first-order chi connectivity index (χ1) is 9.64. The van der Waals surface area contributed by atoms with Gasteiger partial charge in [0.15, 0.2) is 0 Å². The van der Waals surface area contributed by atoms with E-state index in [1.165, 1.54) is 0 Å². The lowest BCUT2D eigenvalue weighted by Gasteiger charge is -2.26. The van der Waals surface area contributed by atoms with Crippen molar-refractivity contribution in [1.82, 2.24) is 0 Å². The summed E-state index contributed by atoms with van der Waals surface area (Å²) in [6.07, 6.45) is 5.27. The molecule has 0 aliphatic heterocycles. The van der Waals surface area contributed by atoms with Gasteiger partial charge in [0.25, 0.3) is 5.78 Å². The highest BCUT2D eigenvalue weighted by molar-refractivity contribution is 6.34. The van der Waals surface area contributed by atoms with Gasteiger partial charge in [-0.05, 0) is 37.8 Å². The molecule has 0 aromatic heterocycles. The minimum atomic E-state index is -0.945.